The summed E-state index contributed by atoms with van der Waals surface area (Å²) in [5.41, 5.74) is 1.35. The lowest BCUT2D eigenvalue weighted by Crippen LogP contribution is -2.58. The van der Waals surface area contributed by atoms with E-state index in [1.165, 1.54) is 10.4 Å². The van der Waals surface area contributed by atoms with E-state index >= 15 is 0 Å². The molecule has 3 heterocycles. The molecule has 2 fully saturated rings. The highest BCUT2D eigenvalue weighted by Gasteiger charge is 2.43. The molecule has 2 aliphatic heterocycles. The van der Waals surface area contributed by atoms with E-state index < -0.39 is 0 Å². The third-order valence-corrected chi connectivity index (χ3v) is 6.12. The standard InChI is InChI=1S/C17H26N2O2S/c1-3-19-16(20)4-8-18(12-15-14(2)5-11-22-15)13-17(19)6-9-21-10-7-17/h5,11H,3-4,6-10,12-13H2,1-2H3. The molecule has 1 amide bonds. The number of thiophene rings is 1. The van der Waals surface area contributed by atoms with Crippen LogP contribution >= 0.6 is 11.3 Å². The van der Waals surface area contributed by atoms with Crippen molar-refractivity contribution in [2.24, 2.45) is 0 Å². The molecule has 122 valence electrons. The Morgan fingerprint density at radius 1 is 1.36 bits per heavy atom. The highest BCUT2D eigenvalue weighted by Crippen LogP contribution is 2.33. The first kappa shape index (κ1) is 16.0. The van der Waals surface area contributed by atoms with E-state index in [-0.39, 0.29) is 5.54 Å². The van der Waals surface area contributed by atoms with Crippen molar-refractivity contribution in [3.63, 3.8) is 0 Å². The minimum Gasteiger partial charge on any atom is -0.381 e. The van der Waals surface area contributed by atoms with Crippen LogP contribution in [0.4, 0.5) is 0 Å². The average Bonchev–Trinajstić information content (AvgIpc) is 2.86. The fourth-order valence-corrected chi connectivity index (χ4v) is 4.78. The summed E-state index contributed by atoms with van der Waals surface area (Å²) in [4.78, 5) is 18.6. The number of carbonyl (C=O) groups is 1. The highest BCUT2D eigenvalue weighted by molar-refractivity contribution is 7.10. The van der Waals surface area contributed by atoms with Crippen molar-refractivity contribution in [3.8, 4) is 0 Å². The maximum Gasteiger partial charge on any atom is 0.224 e. The monoisotopic (exact) mass is 322 g/mol. The molecule has 1 aromatic rings. The Hall–Kier alpha value is -0.910. The van der Waals surface area contributed by atoms with Crippen LogP contribution in [0.2, 0.25) is 0 Å². The van der Waals surface area contributed by atoms with Crippen LogP contribution in [0.5, 0.6) is 0 Å². The summed E-state index contributed by atoms with van der Waals surface area (Å²) in [6.07, 6.45) is 2.57. The zero-order valence-corrected chi connectivity index (χ0v) is 14.5. The van der Waals surface area contributed by atoms with E-state index in [9.17, 15) is 4.79 Å². The number of ether oxygens (including phenoxy) is 1. The predicted octanol–water partition coefficient (Wildman–Crippen LogP) is 2.66. The molecule has 2 aliphatic rings. The normalized spacial score (nSPS) is 23.0. The molecule has 3 rings (SSSR count). The number of amides is 1. The first-order chi connectivity index (χ1) is 10.6. The van der Waals surface area contributed by atoms with Crippen molar-refractivity contribution in [2.45, 2.75) is 45.2 Å². The Morgan fingerprint density at radius 3 is 2.77 bits per heavy atom. The van der Waals surface area contributed by atoms with Gasteiger partial charge in [-0.25, -0.2) is 0 Å². The summed E-state index contributed by atoms with van der Waals surface area (Å²) in [7, 11) is 0. The summed E-state index contributed by atoms with van der Waals surface area (Å²) in [6.45, 7) is 9.46. The largest absolute Gasteiger partial charge is 0.381 e. The highest BCUT2D eigenvalue weighted by atomic mass is 32.1. The van der Waals surface area contributed by atoms with E-state index in [0.717, 1.165) is 52.2 Å². The number of rotatable bonds is 3. The Kier molecular flexibility index (Phi) is 4.85. The van der Waals surface area contributed by atoms with Crippen LogP contribution in [-0.2, 0) is 16.1 Å². The third-order valence-electron chi connectivity index (χ3n) is 5.11. The second-order valence-electron chi connectivity index (χ2n) is 6.46. The van der Waals surface area contributed by atoms with Crippen LogP contribution < -0.4 is 0 Å². The van der Waals surface area contributed by atoms with Gasteiger partial charge in [0.25, 0.3) is 0 Å². The molecule has 1 aromatic heterocycles. The van der Waals surface area contributed by atoms with Crippen molar-refractivity contribution in [1.82, 2.24) is 9.80 Å². The minimum absolute atomic E-state index is 0.0221. The number of hydrogen-bond donors (Lipinski definition) is 0. The topological polar surface area (TPSA) is 32.8 Å². The van der Waals surface area contributed by atoms with E-state index in [0.29, 0.717) is 12.3 Å². The lowest BCUT2D eigenvalue weighted by Gasteiger charge is -2.46. The Morgan fingerprint density at radius 2 is 2.14 bits per heavy atom. The van der Waals surface area contributed by atoms with Gasteiger partial charge in [0.15, 0.2) is 0 Å². The van der Waals surface area contributed by atoms with Gasteiger partial charge in [-0.3, -0.25) is 9.69 Å². The summed E-state index contributed by atoms with van der Waals surface area (Å²) in [5.74, 6) is 0.315. The molecular weight excluding hydrogens is 296 g/mol. The molecule has 0 N–H and O–H groups in total. The first-order valence-electron chi connectivity index (χ1n) is 8.28. The Labute approximate surface area is 137 Å². The van der Waals surface area contributed by atoms with E-state index in [1.807, 2.05) is 11.3 Å². The van der Waals surface area contributed by atoms with E-state index in [4.69, 9.17) is 4.74 Å². The summed E-state index contributed by atoms with van der Waals surface area (Å²) < 4.78 is 5.57. The molecule has 2 saturated heterocycles. The van der Waals surface area contributed by atoms with Crippen molar-refractivity contribution in [3.05, 3.63) is 21.9 Å². The van der Waals surface area contributed by atoms with Crippen LogP contribution in [0, 0.1) is 6.92 Å². The van der Waals surface area contributed by atoms with Crippen LogP contribution in [-0.4, -0.2) is 54.1 Å². The number of hydrogen-bond acceptors (Lipinski definition) is 4. The molecule has 22 heavy (non-hydrogen) atoms. The van der Waals surface area contributed by atoms with Crippen LogP contribution in [0.1, 0.15) is 36.6 Å². The maximum absolute atomic E-state index is 12.6. The fraction of sp³-hybridized carbons (Fsp3) is 0.706. The van der Waals surface area contributed by atoms with Crippen LogP contribution in [0.25, 0.3) is 0 Å². The third kappa shape index (κ3) is 3.07. The minimum atomic E-state index is -0.0221. The zero-order chi connectivity index (χ0) is 15.6. The molecule has 0 aliphatic carbocycles. The summed E-state index contributed by atoms with van der Waals surface area (Å²) >= 11 is 1.83. The quantitative estimate of drug-likeness (QED) is 0.858. The Balaban J connectivity index is 1.82. The first-order valence-corrected chi connectivity index (χ1v) is 9.16. The summed E-state index contributed by atoms with van der Waals surface area (Å²) in [5, 5.41) is 2.16. The van der Waals surface area contributed by atoms with Gasteiger partial charge in [-0.05, 0) is 43.7 Å². The molecular formula is C17H26N2O2S. The molecule has 5 heteroatoms. The fourth-order valence-electron chi connectivity index (χ4n) is 3.83. The van der Waals surface area contributed by atoms with Crippen molar-refractivity contribution in [2.75, 3.05) is 32.8 Å². The van der Waals surface area contributed by atoms with Gasteiger partial charge < -0.3 is 9.64 Å². The predicted molar refractivity (Wildman–Crippen MR) is 89.1 cm³/mol. The average molecular weight is 322 g/mol. The number of likely N-dealkylation sites (N-methyl/N-ethyl adjacent to an activating group) is 1. The van der Waals surface area contributed by atoms with Crippen molar-refractivity contribution in [1.29, 1.82) is 0 Å². The molecule has 0 aromatic carbocycles. The maximum atomic E-state index is 12.6. The second-order valence-corrected chi connectivity index (χ2v) is 7.46. The molecule has 0 radical (unpaired) electrons. The van der Waals surface area contributed by atoms with Gasteiger partial charge >= 0.3 is 0 Å². The SMILES string of the molecule is CCN1C(=O)CCN(Cc2sccc2C)CC12CCOCC2. The van der Waals surface area contributed by atoms with Crippen LogP contribution in [0.3, 0.4) is 0 Å². The number of carbonyl (C=O) groups excluding carboxylic acids is 1. The zero-order valence-electron chi connectivity index (χ0n) is 13.6. The van der Waals surface area contributed by atoms with Gasteiger partial charge in [-0.1, -0.05) is 0 Å². The van der Waals surface area contributed by atoms with Crippen LogP contribution in [0.15, 0.2) is 11.4 Å². The Bertz CT molecular complexity index is 522. The van der Waals surface area contributed by atoms with Gasteiger partial charge in [-0.15, -0.1) is 11.3 Å². The van der Waals surface area contributed by atoms with Crippen molar-refractivity contribution >= 4 is 17.2 Å². The molecule has 1 spiro atoms. The summed E-state index contributed by atoms with van der Waals surface area (Å²) in [6, 6.07) is 2.19. The molecule has 0 atom stereocenters. The lowest BCUT2D eigenvalue weighted by atomic mass is 9.87. The molecule has 0 unspecified atom stereocenters. The van der Waals surface area contributed by atoms with Gasteiger partial charge in [0.2, 0.25) is 5.91 Å². The van der Waals surface area contributed by atoms with E-state index in [1.54, 1.807) is 0 Å². The molecule has 0 bridgehead atoms. The number of nitrogens with zero attached hydrogens (tertiary/aromatic N) is 2. The van der Waals surface area contributed by atoms with E-state index in [2.05, 4.69) is 35.1 Å². The van der Waals surface area contributed by atoms with Gasteiger partial charge in [0.05, 0.1) is 5.54 Å². The smallest absolute Gasteiger partial charge is 0.224 e. The number of aryl methyl sites for hydroxylation is 1. The second kappa shape index (κ2) is 6.69. The van der Waals surface area contributed by atoms with Crippen molar-refractivity contribution < 1.29 is 9.53 Å². The molecule has 4 nitrogen and oxygen atoms in total. The van der Waals surface area contributed by atoms with Gasteiger partial charge in [0, 0.05) is 50.7 Å². The van der Waals surface area contributed by atoms with Gasteiger partial charge in [-0.2, -0.15) is 0 Å². The molecule has 0 saturated carbocycles. The van der Waals surface area contributed by atoms with Gasteiger partial charge in [0.1, 0.15) is 0 Å². The lowest BCUT2D eigenvalue weighted by molar-refractivity contribution is -0.140.